The number of aliphatic hydroxyl groups is 1. The summed E-state index contributed by atoms with van der Waals surface area (Å²) in [5.74, 6) is 5.21. The topological polar surface area (TPSA) is 167 Å². The van der Waals surface area contributed by atoms with E-state index in [1.807, 2.05) is 50.2 Å². The van der Waals surface area contributed by atoms with Crippen molar-refractivity contribution in [2.45, 2.75) is 53.1 Å². The van der Waals surface area contributed by atoms with Crippen molar-refractivity contribution in [3.05, 3.63) is 80.6 Å². The van der Waals surface area contributed by atoms with Crippen molar-refractivity contribution in [1.29, 1.82) is 0 Å². The number of aryl methyl sites for hydroxylation is 3. The Bertz CT molecular complexity index is 2010. The number of methoxy groups -OCH3 is 4. The van der Waals surface area contributed by atoms with Gasteiger partial charge in [-0.3, -0.25) is 0 Å². The molecule has 17 heteroatoms. The molecule has 0 spiro atoms. The molecule has 4 aromatic heterocycles. The lowest BCUT2D eigenvalue weighted by Crippen LogP contribution is -2.10. The highest BCUT2D eigenvalue weighted by atomic mass is 35.5. The predicted molar refractivity (Wildman–Crippen MR) is 200 cm³/mol. The Hall–Kier alpha value is -5.12. The van der Waals surface area contributed by atoms with E-state index in [4.69, 9.17) is 47.3 Å². The summed E-state index contributed by atoms with van der Waals surface area (Å²) in [5, 5.41) is 25.3. The van der Waals surface area contributed by atoms with Gasteiger partial charge in [-0.25, -0.2) is 19.9 Å². The maximum absolute atomic E-state index is 9.12. The van der Waals surface area contributed by atoms with E-state index in [1.165, 1.54) is 0 Å². The number of halogens is 2. The number of anilines is 2. The van der Waals surface area contributed by atoms with E-state index in [1.54, 1.807) is 37.5 Å². The highest BCUT2D eigenvalue weighted by Crippen LogP contribution is 2.28. The molecule has 2 aromatic carbocycles. The van der Waals surface area contributed by atoms with Gasteiger partial charge >= 0.3 is 0 Å². The molecule has 0 amide bonds. The molecule has 0 unspecified atom stereocenters. The monoisotopic (exact) mass is 752 g/mol. The average molecular weight is 754 g/mol. The molecule has 6 aromatic rings. The minimum absolute atomic E-state index is 0.0249. The van der Waals surface area contributed by atoms with Gasteiger partial charge in [0.05, 0.1) is 35.0 Å². The van der Waals surface area contributed by atoms with Crippen molar-refractivity contribution >= 4 is 46.4 Å². The normalized spacial score (nSPS) is 11.0. The summed E-state index contributed by atoms with van der Waals surface area (Å²) in [6, 6.07) is 11.3. The molecule has 0 aliphatic heterocycles. The van der Waals surface area contributed by atoms with E-state index in [2.05, 4.69) is 47.7 Å². The SMILES string of the molecule is CCCc1nc2c(C)c(Cl)nc(NCc3ccc(OC)cc3OC)n2n1.COc1ccc(CNc2nc(Cl)c(C)c3nc(CCO)nn23)c(OC)c1. The van der Waals surface area contributed by atoms with E-state index in [9.17, 15) is 0 Å². The van der Waals surface area contributed by atoms with Gasteiger partial charge in [0.1, 0.15) is 33.3 Å². The van der Waals surface area contributed by atoms with Crippen molar-refractivity contribution in [2.75, 3.05) is 45.7 Å². The first-order chi connectivity index (χ1) is 25.1. The van der Waals surface area contributed by atoms with Crippen LogP contribution in [-0.4, -0.2) is 79.3 Å². The number of nitrogens with zero attached hydrogens (tertiary/aromatic N) is 8. The van der Waals surface area contributed by atoms with Crippen LogP contribution in [0.4, 0.5) is 11.9 Å². The highest BCUT2D eigenvalue weighted by Gasteiger charge is 2.17. The molecule has 0 aliphatic carbocycles. The molecular formula is C35H42Cl2N10O5. The van der Waals surface area contributed by atoms with Crippen molar-refractivity contribution < 1.29 is 24.1 Å². The first-order valence-corrected chi connectivity index (χ1v) is 17.2. The molecule has 4 heterocycles. The van der Waals surface area contributed by atoms with E-state index in [0.29, 0.717) is 58.9 Å². The molecule has 276 valence electrons. The number of ether oxygens (including phenoxy) is 4. The molecule has 0 saturated heterocycles. The van der Waals surface area contributed by atoms with Gasteiger partial charge in [-0.05, 0) is 44.5 Å². The fraction of sp³-hybridized carbons (Fsp3) is 0.371. The second kappa shape index (κ2) is 17.4. The van der Waals surface area contributed by atoms with Crippen LogP contribution in [-0.2, 0) is 25.9 Å². The minimum Gasteiger partial charge on any atom is -0.497 e. The van der Waals surface area contributed by atoms with Gasteiger partial charge in [-0.1, -0.05) is 30.1 Å². The van der Waals surface area contributed by atoms with Gasteiger partial charge in [0.2, 0.25) is 11.9 Å². The van der Waals surface area contributed by atoms with Crippen molar-refractivity contribution in [3.8, 4) is 23.0 Å². The Morgan fingerprint density at radius 3 is 1.48 bits per heavy atom. The van der Waals surface area contributed by atoms with Crippen LogP contribution in [0, 0.1) is 13.8 Å². The predicted octanol–water partition coefficient (Wildman–Crippen LogP) is 5.92. The third kappa shape index (κ3) is 8.49. The summed E-state index contributed by atoms with van der Waals surface area (Å²) in [7, 11) is 6.47. The molecule has 15 nitrogen and oxygen atoms in total. The molecule has 0 radical (unpaired) electrons. The highest BCUT2D eigenvalue weighted by molar-refractivity contribution is 6.31. The van der Waals surface area contributed by atoms with Crippen molar-refractivity contribution in [3.63, 3.8) is 0 Å². The first kappa shape index (κ1) is 38.1. The molecule has 0 atom stereocenters. The van der Waals surface area contributed by atoms with Crippen LogP contribution in [0.2, 0.25) is 10.3 Å². The van der Waals surface area contributed by atoms with Crippen LogP contribution < -0.4 is 29.6 Å². The van der Waals surface area contributed by atoms with Crippen LogP contribution in [0.1, 0.15) is 47.2 Å². The molecule has 0 aliphatic rings. The van der Waals surface area contributed by atoms with E-state index in [-0.39, 0.29) is 6.61 Å². The summed E-state index contributed by atoms with van der Waals surface area (Å²) in [6.07, 6.45) is 2.15. The largest absolute Gasteiger partial charge is 0.497 e. The lowest BCUT2D eigenvalue weighted by atomic mass is 10.2. The Balaban J connectivity index is 0.000000201. The van der Waals surface area contributed by atoms with Gasteiger partial charge in [0.25, 0.3) is 0 Å². The Kier molecular flexibility index (Phi) is 12.8. The van der Waals surface area contributed by atoms with Gasteiger partial charge in [0.15, 0.2) is 22.9 Å². The van der Waals surface area contributed by atoms with Crippen molar-refractivity contribution in [1.82, 2.24) is 39.2 Å². The Labute approximate surface area is 311 Å². The number of rotatable bonds is 14. The standard InChI is InChI=1S/C18H22ClN5O2.C17H20ClN5O3/c1-5-6-15-21-17-11(2)16(19)22-18(24(17)23-15)20-10-12-7-8-13(25-3)9-14(12)26-4;1-10-15(18)21-17(23-16(10)20-14(22-23)6-7-24)19-9-11-4-5-12(25-2)8-13(11)26-3/h7-9H,5-6,10H2,1-4H3,(H,20,22);4-5,8,24H,6-7,9H2,1-3H3,(H,19,21). The Morgan fingerprint density at radius 1 is 0.654 bits per heavy atom. The summed E-state index contributed by atoms with van der Waals surface area (Å²) >= 11 is 12.5. The van der Waals surface area contributed by atoms with Crippen LogP contribution in [0.15, 0.2) is 36.4 Å². The third-order valence-electron chi connectivity index (χ3n) is 8.07. The number of fused-ring (bicyclic) bond motifs is 2. The molecule has 52 heavy (non-hydrogen) atoms. The molecule has 6 rings (SSSR count). The van der Waals surface area contributed by atoms with Gasteiger partial charge in [-0.2, -0.15) is 9.03 Å². The smallest absolute Gasteiger partial charge is 0.227 e. The second-order valence-electron chi connectivity index (χ2n) is 11.5. The summed E-state index contributed by atoms with van der Waals surface area (Å²) < 4.78 is 24.6. The Morgan fingerprint density at radius 2 is 1.10 bits per heavy atom. The number of hydrogen-bond donors (Lipinski definition) is 3. The lowest BCUT2D eigenvalue weighted by molar-refractivity contribution is 0.296. The second-order valence-corrected chi connectivity index (χ2v) is 12.2. The number of aromatic nitrogens is 8. The fourth-order valence-electron chi connectivity index (χ4n) is 5.23. The van der Waals surface area contributed by atoms with Crippen molar-refractivity contribution in [2.24, 2.45) is 0 Å². The number of benzene rings is 2. The number of hydrogen-bond acceptors (Lipinski definition) is 13. The lowest BCUT2D eigenvalue weighted by Gasteiger charge is -2.12. The summed E-state index contributed by atoms with van der Waals surface area (Å²) in [4.78, 5) is 17.8. The zero-order chi connectivity index (χ0) is 37.4. The van der Waals surface area contributed by atoms with Crippen LogP contribution in [0.25, 0.3) is 11.3 Å². The minimum atomic E-state index is -0.0249. The van der Waals surface area contributed by atoms with E-state index >= 15 is 0 Å². The molecule has 0 bridgehead atoms. The van der Waals surface area contributed by atoms with Gasteiger partial charge in [-0.15, -0.1) is 10.2 Å². The van der Waals surface area contributed by atoms with E-state index < -0.39 is 0 Å². The van der Waals surface area contributed by atoms with Gasteiger partial charge < -0.3 is 34.7 Å². The maximum atomic E-state index is 9.12. The van der Waals surface area contributed by atoms with Crippen LogP contribution >= 0.6 is 23.2 Å². The zero-order valence-electron chi connectivity index (χ0n) is 30.1. The summed E-state index contributed by atoms with van der Waals surface area (Å²) in [6.45, 7) is 6.74. The average Bonchev–Trinajstić information content (AvgIpc) is 3.79. The van der Waals surface area contributed by atoms with E-state index in [0.717, 1.165) is 63.8 Å². The maximum Gasteiger partial charge on any atom is 0.227 e. The zero-order valence-corrected chi connectivity index (χ0v) is 31.6. The fourth-order valence-corrected chi connectivity index (χ4v) is 5.56. The van der Waals surface area contributed by atoms with Crippen LogP contribution in [0.5, 0.6) is 23.0 Å². The first-order valence-electron chi connectivity index (χ1n) is 16.5. The van der Waals surface area contributed by atoms with Gasteiger partial charge in [0, 0.05) is 60.3 Å². The van der Waals surface area contributed by atoms with Crippen LogP contribution in [0.3, 0.4) is 0 Å². The number of aliphatic hydroxyl groups excluding tert-OH is 1. The quantitative estimate of drug-likeness (QED) is 0.112. The molecule has 0 saturated carbocycles. The third-order valence-corrected chi connectivity index (χ3v) is 8.81. The number of nitrogens with one attached hydrogen (secondary N) is 2. The molecular weight excluding hydrogens is 711 g/mol. The summed E-state index contributed by atoms with van der Waals surface area (Å²) in [5.41, 5.74) is 4.77. The molecule has 3 N–H and O–H groups in total. The molecule has 0 fully saturated rings.